The predicted octanol–water partition coefficient (Wildman–Crippen LogP) is 4.72. The van der Waals surface area contributed by atoms with Crippen molar-refractivity contribution >= 4 is 34.7 Å². The fourth-order valence-electron chi connectivity index (χ4n) is 3.10. The van der Waals surface area contributed by atoms with Gasteiger partial charge in [-0.05, 0) is 24.3 Å². The number of fused-ring (bicyclic) bond motifs is 2. The van der Waals surface area contributed by atoms with Gasteiger partial charge in [0.2, 0.25) is 5.91 Å². The summed E-state index contributed by atoms with van der Waals surface area (Å²) in [6, 6.07) is 18.3. The number of aromatic nitrogens is 1. The van der Waals surface area contributed by atoms with Crippen molar-refractivity contribution in [3.05, 3.63) is 67.0 Å². The molecule has 2 aromatic carbocycles. The van der Waals surface area contributed by atoms with Crippen molar-refractivity contribution < 1.29 is 9.53 Å². The molecule has 27 heavy (non-hydrogen) atoms. The third-order valence-electron chi connectivity index (χ3n) is 4.37. The van der Waals surface area contributed by atoms with Gasteiger partial charge < -0.3 is 15.0 Å². The van der Waals surface area contributed by atoms with Gasteiger partial charge in [-0.25, -0.2) is 0 Å². The predicted molar refractivity (Wildman–Crippen MR) is 108 cm³/mol. The van der Waals surface area contributed by atoms with Crippen molar-refractivity contribution in [2.24, 2.45) is 0 Å². The molecule has 0 bridgehead atoms. The van der Waals surface area contributed by atoms with Gasteiger partial charge in [-0.1, -0.05) is 36.0 Å². The number of carbonyl (C=O) groups excluding carboxylic acids is 1. The molecule has 6 heteroatoms. The summed E-state index contributed by atoms with van der Waals surface area (Å²) < 4.78 is 5.27. The Hall–Kier alpha value is -2.99. The maximum absolute atomic E-state index is 12.5. The number of para-hydroxylation sites is 2. The van der Waals surface area contributed by atoms with Crippen molar-refractivity contribution in [2.45, 2.75) is 16.2 Å². The number of benzene rings is 2. The summed E-state index contributed by atoms with van der Waals surface area (Å²) in [5.41, 5.74) is 2.85. The minimum Gasteiger partial charge on any atom is -0.494 e. The molecule has 136 valence electrons. The number of hydrogen-bond acceptors (Lipinski definition) is 5. The van der Waals surface area contributed by atoms with E-state index in [0.29, 0.717) is 24.4 Å². The topological polar surface area (TPSA) is 54.5 Å². The molecule has 1 aliphatic rings. The normalized spacial score (nSPS) is 12.1. The first kappa shape index (κ1) is 17.4. The molecule has 0 saturated heterocycles. The summed E-state index contributed by atoms with van der Waals surface area (Å²) in [5.74, 6) is 0.526. The van der Waals surface area contributed by atoms with E-state index in [9.17, 15) is 4.79 Å². The zero-order valence-corrected chi connectivity index (χ0v) is 15.7. The van der Waals surface area contributed by atoms with Gasteiger partial charge in [-0.3, -0.25) is 9.78 Å². The van der Waals surface area contributed by atoms with Crippen LogP contribution in [0, 0.1) is 0 Å². The molecule has 1 N–H and O–H groups in total. The first-order chi connectivity index (χ1) is 13.3. The van der Waals surface area contributed by atoms with E-state index in [1.807, 2.05) is 24.3 Å². The van der Waals surface area contributed by atoms with E-state index >= 15 is 0 Å². The Morgan fingerprint density at radius 2 is 1.74 bits per heavy atom. The van der Waals surface area contributed by atoms with E-state index in [1.165, 1.54) is 9.79 Å². The lowest BCUT2D eigenvalue weighted by molar-refractivity contribution is -0.116. The molecule has 1 amide bonds. The van der Waals surface area contributed by atoms with Gasteiger partial charge in [0.1, 0.15) is 11.4 Å². The molecule has 1 aromatic heterocycles. The molecular weight excluding hydrogens is 358 g/mol. The number of rotatable bonds is 5. The molecular formula is C21H19N3O2S. The van der Waals surface area contributed by atoms with Gasteiger partial charge in [0.25, 0.3) is 0 Å². The van der Waals surface area contributed by atoms with Crippen LogP contribution in [-0.2, 0) is 4.79 Å². The van der Waals surface area contributed by atoms with Crippen molar-refractivity contribution in [3.8, 4) is 5.75 Å². The summed E-state index contributed by atoms with van der Waals surface area (Å²) >= 11 is 1.76. The first-order valence-electron chi connectivity index (χ1n) is 8.67. The highest BCUT2D eigenvalue weighted by Gasteiger charge is 2.23. The van der Waals surface area contributed by atoms with Gasteiger partial charge in [-0.15, -0.1) is 0 Å². The molecule has 0 spiro atoms. The lowest BCUT2D eigenvalue weighted by Crippen LogP contribution is -2.26. The van der Waals surface area contributed by atoms with E-state index in [-0.39, 0.29) is 5.91 Å². The SMILES string of the molecule is COc1ccncc1NC(=O)CCN1c2ccccc2Sc2ccccc21. The van der Waals surface area contributed by atoms with Gasteiger partial charge >= 0.3 is 0 Å². The molecule has 0 saturated carbocycles. The number of amides is 1. The summed E-state index contributed by atoms with van der Waals surface area (Å²) in [6.45, 7) is 0.586. The second-order valence-corrected chi connectivity index (χ2v) is 7.15. The molecule has 0 aliphatic carbocycles. The average Bonchev–Trinajstić information content (AvgIpc) is 2.71. The van der Waals surface area contributed by atoms with Crippen molar-refractivity contribution in [2.75, 3.05) is 23.9 Å². The second kappa shape index (κ2) is 7.72. The van der Waals surface area contributed by atoms with Crippen molar-refractivity contribution in [3.63, 3.8) is 0 Å². The Bertz CT molecular complexity index is 931. The van der Waals surface area contributed by atoms with Crippen LogP contribution >= 0.6 is 11.8 Å². The van der Waals surface area contributed by atoms with Gasteiger partial charge in [0.15, 0.2) is 0 Å². The van der Waals surface area contributed by atoms with Crippen LogP contribution in [-0.4, -0.2) is 24.5 Å². The Morgan fingerprint density at radius 3 is 2.41 bits per heavy atom. The molecule has 1 aliphatic heterocycles. The number of anilines is 3. The van der Waals surface area contributed by atoms with Crippen LogP contribution < -0.4 is 15.0 Å². The molecule has 0 fully saturated rings. The zero-order chi connectivity index (χ0) is 18.6. The van der Waals surface area contributed by atoms with Crippen molar-refractivity contribution in [1.29, 1.82) is 0 Å². The van der Waals surface area contributed by atoms with Crippen LogP contribution in [0.1, 0.15) is 6.42 Å². The highest BCUT2D eigenvalue weighted by Crippen LogP contribution is 2.47. The number of nitrogens with one attached hydrogen (secondary N) is 1. The number of hydrogen-bond donors (Lipinski definition) is 1. The fraction of sp³-hybridized carbons (Fsp3) is 0.143. The van der Waals surface area contributed by atoms with Crippen LogP contribution in [0.25, 0.3) is 0 Å². The standard InChI is InChI=1S/C21H19N3O2S/c1-26-18-10-12-22-14-15(18)23-21(25)11-13-24-16-6-2-4-8-19(16)27-20-9-5-3-7-17(20)24/h2-10,12,14H,11,13H2,1H3,(H,23,25). The molecule has 3 aromatic rings. The van der Waals surface area contributed by atoms with Crippen LogP contribution in [0.15, 0.2) is 76.8 Å². The van der Waals surface area contributed by atoms with Crippen LogP contribution in [0.3, 0.4) is 0 Å². The van der Waals surface area contributed by atoms with E-state index in [1.54, 1.807) is 37.3 Å². The molecule has 2 heterocycles. The minimum absolute atomic E-state index is 0.0745. The Kier molecular flexibility index (Phi) is 4.98. The summed E-state index contributed by atoms with van der Waals surface area (Å²) in [4.78, 5) is 21.2. The van der Waals surface area contributed by atoms with E-state index in [0.717, 1.165) is 11.4 Å². The number of methoxy groups -OCH3 is 1. The highest BCUT2D eigenvalue weighted by atomic mass is 32.2. The van der Waals surface area contributed by atoms with Crippen LogP contribution in [0.4, 0.5) is 17.1 Å². The van der Waals surface area contributed by atoms with Crippen LogP contribution in [0.5, 0.6) is 5.75 Å². The number of carbonyl (C=O) groups is 1. The van der Waals surface area contributed by atoms with Crippen LogP contribution in [0.2, 0.25) is 0 Å². The molecule has 0 atom stereocenters. The summed E-state index contributed by atoms with van der Waals surface area (Å²) in [5, 5.41) is 2.89. The lowest BCUT2D eigenvalue weighted by atomic mass is 10.2. The van der Waals surface area contributed by atoms with E-state index < -0.39 is 0 Å². The maximum Gasteiger partial charge on any atom is 0.226 e. The average molecular weight is 377 g/mol. The third-order valence-corrected chi connectivity index (χ3v) is 5.50. The lowest BCUT2D eigenvalue weighted by Gasteiger charge is -2.32. The number of pyridine rings is 1. The second-order valence-electron chi connectivity index (χ2n) is 6.06. The van der Waals surface area contributed by atoms with Gasteiger partial charge in [0, 0.05) is 35.0 Å². The number of nitrogens with zero attached hydrogens (tertiary/aromatic N) is 2. The Labute approximate surface area is 162 Å². The zero-order valence-electron chi connectivity index (χ0n) is 14.9. The molecule has 4 rings (SSSR count). The third kappa shape index (κ3) is 3.61. The quantitative estimate of drug-likeness (QED) is 0.697. The summed E-state index contributed by atoms with van der Waals surface area (Å²) in [6.07, 6.45) is 3.58. The van der Waals surface area contributed by atoms with E-state index in [4.69, 9.17) is 4.74 Å². The Balaban J connectivity index is 1.52. The molecule has 0 radical (unpaired) electrons. The summed E-state index contributed by atoms with van der Waals surface area (Å²) in [7, 11) is 1.57. The number of ether oxygens (including phenoxy) is 1. The molecule has 5 nitrogen and oxygen atoms in total. The first-order valence-corrected chi connectivity index (χ1v) is 9.49. The smallest absolute Gasteiger partial charge is 0.226 e. The van der Waals surface area contributed by atoms with Crippen molar-refractivity contribution in [1.82, 2.24) is 4.98 Å². The van der Waals surface area contributed by atoms with E-state index in [2.05, 4.69) is 39.5 Å². The van der Waals surface area contributed by atoms with Gasteiger partial charge in [0.05, 0.1) is 24.7 Å². The minimum atomic E-state index is -0.0745. The Morgan fingerprint density at radius 1 is 1.07 bits per heavy atom. The molecule has 0 unspecified atom stereocenters. The highest BCUT2D eigenvalue weighted by molar-refractivity contribution is 7.99. The monoisotopic (exact) mass is 377 g/mol. The van der Waals surface area contributed by atoms with Gasteiger partial charge in [-0.2, -0.15) is 0 Å². The fourth-order valence-corrected chi connectivity index (χ4v) is 4.20. The maximum atomic E-state index is 12.5. The largest absolute Gasteiger partial charge is 0.494 e.